The number of carbonyl (C=O) groups excluding carboxylic acids is 1. The predicted molar refractivity (Wildman–Crippen MR) is 119 cm³/mol. The Morgan fingerprint density at radius 1 is 1.19 bits per heavy atom. The smallest absolute Gasteiger partial charge is 0.387 e. The summed E-state index contributed by atoms with van der Waals surface area (Å²) in [5, 5.41) is 9.67. The van der Waals surface area contributed by atoms with Crippen molar-refractivity contribution in [1.82, 2.24) is 10.6 Å². The summed E-state index contributed by atoms with van der Waals surface area (Å²) >= 11 is 11.4. The van der Waals surface area contributed by atoms with E-state index in [9.17, 15) is 13.6 Å². The molecule has 0 aromatic heterocycles. The second-order valence-corrected chi connectivity index (χ2v) is 7.59. The minimum Gasteiger partial charge on any atom is -0.493 e. The summed E-state index contributed by atoms with van der Waals surface area (Å²) in [6.07, 6.45) is 0. The van der Waals surface area contributed by atoms with Crippen LogP contribution in [0.4, 0.5) is 14.5 Å². The Bertz CT molecular complexity index is 1060. The van der Waals surface area contributed by atoms with E-state index in [1.165, 1.54) is 19.2 Å². The molecule has 0 radical (unpaired) electrons. The van der Waals surface area contributed by atoms with Crippen molar-refractivity contribution < 1.29 is 23.0 Å². The van der Waals surface area contributed by atoms with Crippen molar-refractivity contribution in [3.63, 3.8) is 0 Å². The molecule has 0 fully saturated rings. The predicted octanol–water partition coefficient (Wildman–Crippen LogP) is 4.69. The number of hydrogen-bond donors (Lipinski definition) is 3. The molecule has 2 aromatic rings. The molecule has 2 aromatic carbocycles. The summed E-state index contributed by atoms with van der Waals surface area (Å²) in [6.45, 7) is 0.596. The number of anilines is 1. The first kappa shape index (κ1) is 22.8. The van der Waals surface area contributed by atoms with E-state index >= 15 is 0 Å². The van der Waals surface area contributed by atoms with E-state index < -0.39 is 12.7 Å². The van der Waals surface area contributed by atoms with E-state index in [0.717, 1.165) is 5.56 Å². The summed E-state index contributed by atoms with van der Waals surface area (Å²) in [6, 6.07) is 9.00. The topological polar surface area (TPSA) is 71.6 Å². The van der Waals surface area contributed by atoms with Gasteiger partial charge in [-0.2, -0.15) is 8.78 Å². The van der Waals surface area contributed by atoms with Gasteiger partial charge >= 0.3 is 6.61 Å². The lowest BCUT2D eigenvalue weighted by Crippen LogP contribution is -2.45. The van der Waals surface area contributed by atoms with Gasteiger partial charge in [-0.05, 0) is 61.5 Å². The molecule has 164 valence electrons. The molecule has 0 unspecified atom stereocenters. The monoisotopic (exact) mass is 467 g/mol. The molecular formula is C21H20ClF2N3O3S. The van der Waals surface area contributed by atoms with Crippen LogP contribution in [0.2, 0.25) is 5.02 Å². The summed E-state index contributed by atoms with van der Waals surface area (Å²) in [5.41, 5.74) is 2.92. The van der Waals surface area contributed by atoms with E-state index in [4.69, 9.17) is 28.6 Å². The minimum absolute atomic E-state index is 0.103. The molecule has 3 rings (SSSR count). The van der Waals surface area contributed by atoms with Crippen LogP contribution in [-0.2, 0) is 4.79 Å². The Balaban J connectivity index is 1.96. The Labute approximate surface area is 188 Å². The summed E-state index contributed by atoms with van der Waals surface area (Å²) in [7, 11) is 1.34. The molecule has 0 bridgehead atoms. The number of rotatable bonds is 6. The van der Waals surface area contributed by atoms with Gasteiger partial charge in [0.1, 0.15) is 0 Å². The van der Waals surface area contributed by atoms with Crippen LogP contribution in [0, 0.1) is 6.92 Å². The number of benzene rings is 2. The number of nitrogens with one attached hydrogen (secondary N) is 3. The molecule has 1 atom stereocenters. The number of methoxy groups -OCH3 is 1. The fourth-order valence-corrected chi connectivity index (χ4v) is 3.62. The maximum absolute atomic E-state index is 13.1. The summed E-state index contributed by atoms with van der Waals surface area (Å²) in [5.74, 6) is -0.387. The standard InChI is InChI=1S/C21H20ClF2N3O3S/c1-10-4-6-13(9-14(10)22)26-19(28)17-11(2)25-21(31)27-18(17)12-5-7-15(30-20(23)24)16(8-12)29-3/h4-9,18,20H,1-3H3,(H,26,28)(H2,25,27,31)/t18-/m0/s1. The van der Waals surface area contributed by atoms with Gasteiger partial charge in [-0.25, -0.2) is 0 Å². The van der Waals surface area contributed by atoms with Gasteiger partial charge in [0.25, 0.3) is 5.91 Å². The third-order valence-corrected chi connectivity index (χ3v) is 5.31. The average molecular weight is 468 g/mol. The van der Waals surface area contributed by atoms with Gasteiger partial charge in [0.15, 0.2) is 16.6 Å². The molecule has 0 saturated carbocycles. The van der Waals surface area contributed by atoms with Crippen LogP contribution in [-0.4, -0.2) is 24.7 Å². The molecule has 1 amide bonds. The van der Waals surface area contributed by atoms with Gasteiger partial charge in [0, 0.05) is 16.4 Å². The molecule has 0 spiro atoms. The summed E-state index contributed by atoms with van der Waals surface area (Å²) in [4.78, 5) is 13.1. The number of aryl methyl sites for hydroxylation is 1. The lowest BCUT2D eigenvalue weighted by Gasteiger charge is -2.30. The molecular weight excluding hydrogens is 448 g/mol. The highest BCUT2D eigenvalue weighted by atomic mass is 35.5. The zero-order chi connectivity index (χ0) is 22.7. The van der Waals surface area contributed by atoms with Gasteiger partial charge < -0.3 is 25.4 Å². The van der Waals surface area contributed by atoms with Crippen LogP contribution >= 0.6 is 23.8 Å². The number of hydrogen-bond acceptors (Lipinski definition) is 4. The van der Waals surface area contributed by atoms with E-state index in [1.54, 1.807) is 31.2 Å². The minimum atomic E-state index is -2.99. The molecule has 10 heteroatoms. The first-order valence-corrected chi connectivity index (χ1v) is 9.96. The van der Waals surface area contributed by atoms with Crippen LogP contribution in [0.5, 0.6) is 11.5 Å². The third-order valence-electron chi connectivity index (χ3n) is 4.68. The molecule has 3 N–H and O–H groups in total. The van der Waals surface area contributed by atoms with Crippen molar-refractivity contribution in [1.29, 1.82) is 0 Å². The molecule has 1 heterocycles. The molecule has 0 saturated heterocycles. The molecule has 1 aliphatic heterocycles. The number of ether oxygens (including phenoxy) is 2. The van der Waals surface area contributed by atoms with E-state index in [0.29, 0.717) is 32.7 Å². The maximum Gasteiger partial charge on any atom is 0.387 e. The van der Waals surface area contributed by atoms with Crippen LogP contribution in [0.15, 0.2) is 47.7 Å². The van der Waals surface area contributed by atoms with Crippen molar-refractivity contribution in [2.24, 2.45) is 0 Å². The fourth-order valence-electron chi connectivity index (χ4n) is 3.17. The van der Waals surface area contributed by atoms with Crippen molar-refractivity contribution in [3.05, 3.63) is 63.8 Å². The van der Waals surface area contributed by atoms with Gasteiger partial charge in [-0.3, -0.25) is 4.79 Å². The van der Waals surface area contributed by atoms with E-state index in [1.807, 2.05) is 6.92 Å². The highest BCUT2D eigenvalue weighted by molar-refractivity contribution is 7.80. The highest BCUT2D eigenvalue weighted by Gasteiger charge is 2.31. The van der Waals surface area contributed by atoms with Crippen molar-refractivity contribution in [2.45, 2.75) is 26.5 Å². The van der Waals surface area contributed by atoms with E-state index in [-0.39, 0.29) is 17.4 Å². The molecule has 31 heavy (non-hydrogen) atoms. The SMILES string of the molecule is COc1cc([C@@H]2NC(=S)NC(C)=C2C(=O)Nc2ccc(C)c(Cl)c2)ccc1OC(F)F. The average Bonchev–Trinajstić information content (AvgIpc) is 2.70. The fraction of sp³-hybridized carbons (Fsp3) is 0.238. The Hall–Kier alpha value is -2.91. The maximum atomic E-state index is 13.1. The van der Waals surface area contributed by atoms with Crippen LogP contribution in [0.1, 0.15) is 24.1 Å². The lowest BCUT2D eigenvalue weighted by molar-refractivity contribution is -0.113. The quantitative estimate of drug-likeness (QED) is 0.535. The van der Waals surface area contributed by atoms with Crippen molar-refractivity contribution in [3.8, 4) is 11.5 Å². The molecule has 6 nitrogen and oxygen atoms in total. The van der Waals surface area contributed by atoms with Crippen molar-refractivity contribution in [2.75, 3.05) is 12.4 Å². The first-order valence-electron chi connectivity index (χ1n) is 9.18. The second-order valence-electron chi connectivity index (χ2n) is 6.78. The zero-order valence-electron chi connectivity index (χ0n) is 16.9. The molecule has 0 aliphatic carbocycles. The highest BCUT2D eigenvalue weighted by Crippen LogP contribution is 2.35. The Morgan fingerprint density at radius 3 is 2.58 bits per heavy atom. The number of allylic oxidation sites excluding steroid dienone is 1. The normalized spacial score (nSPS) is 16.0. The number of carbonyl (C=O) groups is 1. The van der Waals surface area contributed by atoms with Crippen molar-refractivity contribution >= 4 is 40.5 Å². The van der Waals surface area contributed by atoms with Gasteiger partial charge in [-0.1, -0.05) is 23.7 Å². The van der Waals surface area contributed by atoms with Crippen LogP contribution in [0.25, 0.3) is 0 Å². The number of alkyl halides is 2. The van der Waals surface area contributed by atoms with Gasteiger partial charge in [0.05, 0.1) is 18.7 Å². The lowest BCUT2D eigenvalue weighted by atomic mass is 9.94. The largest absolute Gasteiger partial charge is 0.493 e. The second kappa shape index (κ2) is 9.49. The van der Waals surface area contributed by atoms with Crippen LogP contribution in [0.3, 0.4) is 0 Å². The summed E-state index contributed by atoms with van der Waals surface area (Å²) < 4.78 is 34.9. The number of amides is 1. The number of thiocarbonyl (C=S) groups is 1. The van der Waals surface area contributed by atoms with Gasteiger partial charge in [0.2, 0.25) is 0 Å². The first-order chi connectivity index (χ1) is 14.7. The Morgan fingerprint density at radius 2 is 1.94 bits per heavy atom. The third kappa shape index (κ3) is 5.23. The van der Waals surface area contributed by atoms with Gasteiger partial charge in [-0.15, -0.1) is 0 Å². The number of halogens is 3. The zero-order valence-corrected chi connectivity index (χ0v) is 18.5. The van der Waals surface area contributed by atoms with E-state index in [2.05, 4.69) is 20.7 Å². The van der Waals surface area contributed by atoms with Crippen LogP contribution < -0.4 is 25.4 Å². The molecule has 1 aliphatic rings. The Kier molecular flexibility index (Phi) is 6.97.